The maximum Gasteiger partial charge on any atom is 0.322 e. The van der Waals surface area contributed by atoms with Crippen LogP contribution in [-0.2, 0) is 0 Å². The van der Waals surface area contributed by atoms with Crippen LogP contribution >= 0.6 is 22.7 Å². The van der Waals surface area contributed by atoms with Crippen LogP contribution in [-0.4, -0.2) is 48.5 Å². The summed E-state index contributed by atoms with van der Waals surface area (Å²) >= 11 is 12.8. The molecule has 0 rings (SSSR count). The monoisotopic (exact) mass is 256 g/mol. The number of hydrogen-bond acceptors (Lipinski definition) is 2. The van der Waals surface area contributed by atoms with Crippen LogP contribution < -0.4 is 0 Å². The summed E-state index contributed by atoms with van der Waals surface area (Å²) in [4.78, 5) is 0. The number of hydrogen-bond donors (Lipinski definition) is 0. The van der Waals surface area contributed by atoms with Gasteiger partial charge in [0, 0.05) is 0 Å². The molecule has 0 bridgehead atoms. The second kappa shape index (κ2) is 7.07. The highest BCUT2D eigenvalue weighted by molar-refractivity contribution is 7.19. The van der Waals surface area contributed by atoms with Gasteiger partial charge in [-0.15, -0.1) is 22.7 Å². The minimum atomic E-state index is -2.08. The number of rotatable bonds is 7. The van der Waals surface area contributed by atoms with Crippen LogP contribution in [0.3, 0.4) is 0 Å². The summed E-state index contributed by atoms with van der Waals surface area (Å²) in [7, 11) is -2.08. The van der Waals surface area contributed by atoms with Gasteiger partial charge < -0.3 is 0 Å². The molecule has 0 aliphatic heterocycles. The third-order valence-corrected chi connectivity index (χ3v) is 9.57. The number of alkyl halides is 1. The molecule has 5 heteroatoms. The quantitative estimate of drug-likeness (QED) is 0.393. The molecule has 0 N–H and O–H groups in total. The summed E-state index contributed by atoms with van der Waals surface area (Å²) in [5, 5.41) is 0. The van der Waals surface area contributed by atoms with Crippen LogP contribution in [0.15, 0.2) is 0 Å². The van der Waals surface area contributed by atoms with E-state index in [1.807, 2.05) is 0 Å². The molecule has 0 aliphatic carbocycles. The van der Waals surface area contributed by atoms with Crippen LogP contribution in [0.25, 0.3) is 0 Å². The van der Waals surface area contributed by atoms with Gasteiger partial charge in [0.05, 0.1) is 5.50 Å². The summed E-state index contributed by atoms with van der Waals surface area (Å²) in [6.07, 6.45) is 0. The van der Waals surface area contributed by atoms with E-state index >= 15 is 0 Å². The molecule has 0 fully saturated rings. The summed E-state index contributed by atoms with van der Waals surface area (Å²) in [5.74, 6) is 0. The Morgan fingerprint density at radius 2 is 1.14 bits per heavy atom. The molecule has 0 aromatic carbocycles. The maximum absolute atomic E-state index is 6.72. The molecule has 0 saturated carbocycles. The largest absolute Gasteiger partial charge is 0.322 e. The lowest BCUT2D eigenvalue weighted by Gasteiger charge is -2.41. The molecule has 86 valence electrons. The molecule has 0 radical (unpaired) electrons. The lowest BCUT2D eigenvalue weighted by atomic mass is 10.7. The van der Waals surface area contributed by atoms with Gasteiger partial charge in [-0.2, -0.15) is 0 Å². The average molecular weight is 257 g/mol. The molecule has 0 aromatic heterocycles. The van der Waals surface area contributed by atoms with E-state index in [1.165, 1.54) is 0 Å². The first-order valence-electron chi connectivity index (χ1n) is 5.35. The Hall–Kier alpha value is 0.717. The fraction of sp³-hybridized carbons (Fsp3) is 1.00. The molecule has 0 aliphatic rings. The zero-order valence-corrected chi connectivity index (χ0v) is 12.2. The van der Waals surface area contributed by atoms with Crippen LogP contribution in [0.5, 0.6) is 0 Å². The van der Waals surface area contributed by atoms with Crippen LogP contribution in [0, 0.1) is 0 Å². The first kappa shape index (κ1) is 14.7. The van der Waals surface area contributed by atoms with Gasteiger partial charge in [-0.3, -0.25) is 9.13 Å². The van der Waals surface area contributed by atoms with Crippen molar-refractivity contribution in [3.8, 4) is 0 Å². The van der Waals surface area contributed by atoms with Crippen LogP contribution in [0.2, 0.25) is 0 Å². The van der Waals surface area contributed by atoms with Crippen molar-refractivity contribution in [1.29, 1.82) is 0 Å². The molecule has 14 heavy (non-hydrogen) atoms. The van der Waals surface area contributed by atoms with Crippen LogP contribution in [0.1, 0.15) is 27.7 Å². The highest BCUT2D eigenvalue weighted by Crippen LogP contribution is 2.21. The molecule has 0 heterocycles. The fourth-order valence-corrected chi connectivity index (χ4v) is 6.91. The molecule has 2 nitrogen and oxygen atoms in total. The topological polar surface area (TPSA) is 6.48 Å². The molecule has 0 amide bonds. The Kier molecular flexibility index (Phi) is 7.43. The Morgan fingerprint density at radius 3 is 1.29 bits per heavy atom. The highest BCUT2D eigenvalue weighted by atomic mass is 35.6. The van der Waals surface area contributed by atoms with Gasteiger partial charge in [0.1, 0.15) is 0 Å². The number of nitrogens with zero attached hydrogens (tertiary/aromatic N) is 2. The first-order valence-corrected chi connectivity index (χ1v) is 9.00. The molecule has 0 spiro atoms. The van der Waals surface area contributed by atoms with Gasteiger partial charge in [0.15, 0.2) is 0 Å². The Labute approximate surface area is 99.0 Å². The van der Waals surface area contributed by atoms with Gasteiger partial charge in [0.25, 0.3) is 0 Å². The SMILES string of the molecule is CCN(CC)[Si](Cl)(CCl)N(CC)CC. The summed E-state index contributed by atoms with van der Waals surface area (Å²) in [6.45, 7) is 12.5. The molecular weight excluding hydrogens is 235 g/mol. The molecule has 0 unspecified atom stereocenters. The third-order valence-electron chi connectivity index (χ3n) is 2.67. The Morgan fingerprint density at radius 1 is 0.857 bits per heavy atom. The van der Waals surface area contributed by atoms with Gasteiger partial charge in [-0.05, 0) is 26.2 Å². The first-order chi connectivity index (χ1) is 6.60. The van der Waals surface area contributed by atoms with Crippen molar-refractivity contribution in [2.75, 3.05) is 31.7 Å². The predicted molar refractivity (Wildman–Crippen MR) is 68.2 cm³/mol. The van der Waals surface area contributed by atoms with E-state index in [4.69, 9.17) is 22.7 Å². The minimum absolute atomic E-state index is 0.567. The second-order valence-electron chi connectivity index (χ2n) is 3.20. The van der Waals surface area contributed by atoms with E-state index in [1.54, 1.807) is 0 Å². The van der Waals surface area contributed by atoms with E-state index in [-0.39, 0.29) is 0 Å². The molecule has 0 saturated heterocycles. The van der Waals surface area contributed by atoms with Crippen molar-refractivity contribution >= 4 is 30.4 Å². The van der Waals surface area contributed by atoms with E-state index in [0.717, 1.165) is 26.2 Å². The summed E-state index contributed by atoms with van der Waals surface area (Å²) in [6, 6.07) is 0. The van der Waals surface area contributed by atoms with Crippen molar-refractivity contribution in [3.05, 3.63) is 0 Å². The summed E-state index contributed by atoms with van der Waals surface area (Å²) < 4.78 is 4.66. The van der Waals surface area contributed by atoms with Gasteiger partial charge in [0.2, 0.25) is 0 Å². The van der Waals surface area contributed by atoms with Crippen molar-refractivity contribution in [1.82, 2.24) is 9.13 Å². The smallest absolute Gasteiger partial charge is 0.299 e. The van der Waals surface area contributed by atoms with Crippen molar-refractivity contribution < 1.29 is 0 Å². The van der Waals surface area contributed by atoms with Gasteiger partial charge in [-0.25, -0.2) is 0 Å². The fourth-order valence-electron chi connectivity index (χ4n) is 1.79. The van der Waals surface area contributed by atoms with E-state index < -0.39 is 7.71 Å². The minimum Gasteiger partial charge on any atom is -0.299 e. The van der Waals surface area contributed by atoms with E-state index in [2.05, 4.69) is 36.8 Å². The summed E-state index contributed by atoms with van der Waals surface area (Å²) in [5.41, 5.74) is 0.567. The van der Waals surface area contributed by atoms with Crippen molar-refractivity contribution in [2.24, 2.45) is 0 Å². The van der Waals surface area contributed by atoms with Crippen LogP contribution in [0.4, 0.5) is 0 Å². The average Bonchev–Trinajstić information content (AvgIpc) is 2.21. The molecular formula is C9H22Cl2N2Si. The standard InChI is InChI=1S/C9H22Cl2N2Si/c1-5-12(6-2)14(11,9-10)13(7-3)8-4/h5-9H2,1-4H3. The maximum atomic E-state index is 6.72. The van der Waals surface area contributed by atoms with E-state index in [9.17, 15) is 0 Å². The predicted octanol–water partition coefficient (Wildman–Crippen LogP) is 2.63. The van der Waals surface area contributed by atoms with Crippen molar-refractivity contribution in [2.45, 2.75) is 27.7 Å². The highest BCUT2D eigenvalue weighted by Gasteiger charge is 2.41. The van der Waals surface area contributed by atoms with Gasteiger partial charge in [-0.1, -0.05) is 27.7 Å². The Bertz CT molecular complexity index is 138. The normalized spacial score (nSPS) is 12.9. The third kappa shape index (κ3) is 3.10. The van der Waals surface area contributed by atoms with E-state index in [0.29, 0.717) is 5.50 Å². The molecule has 0 aromatic rings. The van der Waals surface area contributed by atoms with Crippen molar-refractivity contribution in [3.63, 3.8) is 0 Å². The number of halogens is 2. The second-order valence-corrected chi connectivity index (χ2v) is 8.78. The zero-order chi connectivity index (χ0) is 11.2. The lowest BCUT2D eigenvalue weighted by molar-refractivity contribution is 0.373. The zero-order valence-electron chi connectivity index (χ0n) is 9.69. The van der Waals surface area contributed by atoms with Gasteiger partial charge >= 0.3 is 7.71 Å². The molecule has 0 atom stereocenters. The lowest BCUT2D eigenvalue weighted by Crippen LogP contribution is -2.63. The Balaban J connectivity index is 4.72.